The molecule has 0 aliphatic heterocycles. The average molecular weight is 426 g/mol. The smallest absolute Gasteiger partial charge is 0.326 e. The summed E-state index contributed by atoms with van der Waals surface area (Å²) in [5, 5.41) is 24.1. The number of benzene rings is 1. The van der Waals surface area contributed by atoms with E-state index < -0.39 is 35.9 Å². The Labute approximate surface area is 175 Å². The van der Waals surface area contributed by atoms with Gasteiger partial charge < -0.3 is 26.6 Å². The minimum atomic E-state index is -1.18. The molecule has 1 aromatic rings. The first-order chi connectivity index (χ1) is 13.7. The van der Waals surface area contributed by atoms with E-state index in [1.54, 1.807) is 23.9 Å². The third kappa shape index (κ3) is 8.33. The summed E-state index contributed by atoms with van der Waals surface area (Å²) in [7, 11) is 0. The van der Waals surface area contributed by atoms with Gasteiger partial charge in [-0.05, 0) is 42.0 Å². The van der Waals surface area contributed by atoms with Crippen molar-refractivity contribution in [2.24, 2.45) is 11.7 Å². The molecule has 0 aliphatic rings. The summed E-state index contributed by atoms with van der Waals surface area (Å²) in [6, 6.07) is 3.32. The molecule has 0 spiro atoms. The third-order valence-corrected chi connectivity index (χ3v) is 5.40. The molecule has 8 nitrogen and oxygen atoms in total. The zero-order chi connectivity index (χ0) is 22.0. The maximum Gasteiger partial charge on any atom is 0.326 e. The molecule has 0 saturated carbocycles. The molecule has 9 heteroatoms. The number of aliphatic carboxylic acids is 1. The molecule has 6 N–H and O–H groups in total. The van der Waals surface area contributed by atoms with Gasteiger partial charge in [-0.15, -0.1) is 0 Å². The van der Waals surface area contributed by atoms with Crippen molar-refractivity contribution >= 4 is 29.5 Å². The highest BCUT2D eigenvalue weighted by molar-refractivity contribution is 7.98. The number of aromatic hydroxyl groups is 1. The van der Waals surface area contributed by atoms with Crippen LogP contribution < -0.4 is 16.4 Å². The highest BCUT2D eigenvalue weighted by Crippen LogP contribution is 2.13. The van der Waals surface area contributed by atoms with Gasteiger partial charge in [-0.1, -0.05) is 32.4 Å². The van der Waals surface area contributed by atoms with E-state index in [-0.39, 0.29) is 18.1 Å². The number of hydrogen-bond donors (Lipinski definition) is 5. The van der Waals surface area contributed by atoms with E-state index in [1.165, 1.54) is 12.1 Å². The third-order valence-electron chi connectivity index (χ3n) is 4.75. The summed E-state index contributed by atoms with van der Waals surface area (Å²) >= 11 is 1.58. The second-order valence-corrected chi connectivity index (χ2v) is 8.02. The topological polar surface area (TPSA) is 142 Å². The van der Waals surface area contributed by atoms with Crippen LogP contribution in [0.25, 0.3) is 0 Å². The van der Waals surface area contributed by atoms with Crippen LogP contribution in [-0.4, -0.2) is 58.1 Å². The fraction of sp³-hybridized carbons (Fsp3) is 0.550. The van der Waals surface area contributed by atoms with E-state index in [0.717, 1.165) is 5.75 Å². The summed E-state index contributed by atoms with van der Waals surface area (Å²) in [5.41, 5.74) is 6.54. The monoisotopic (exact) mass is 425 g/mol. The lowest BCUT2D eigenvalue weighted by molar-refractivity contribution is -0.142. The van der Waals surface area contributed by atoms with Crippen molar-refractivity contribution in [2.45, 2.75) is 51.2 Å². The van der Waals surface area contributed by atoms with Crippen molar-refractivity contribution in [2.75, 3.05) is 12.0 Å². The van der Waals surface area contributed by atoms with Crippen LogP contribution in [-0.2, 0) is 20.8 Å². The minimum Gasteiger partial charge on any atom is -0.508 e. The van der Waals surface area contributed by atoms with Crippen LogP contribution in [0, 0.1) is 5.92 Å². The Kier molecular flexibility index (Phi) is 10.5. The van der Waals surface area contributed by atoms with Crippen LogP contribution in [0.2, 0.25) is 0 Å². The number of carboxylic acids is 1. The lowest BCUT2D eigenvalue weighted by Gasteiger charge is -2.26. The van der Waals surface area contributed by atoms with E-state index in [2.05, 4.69) is 10.6 Å². The second kappa shape index (κ2) is 12.3. The normalized spacial score (nSPS) is 15.0. The van der Waals surface area contributed by atoms with Crippen LogP contribution in [0.1, 0.15) is 32.3 Å². The Balaban J connectivity index is 2.86. The first-order valence-corrected chi connectivity index (χ1v) is 10.9. The van der Waals surface area contributed by atoms with Gasteiger partial charge in [0.05, 0.1) is 6.04 Å². The van der Waals surface area contributed by atoms with Crippen molar-refractivity contribution < 1.29 is 24.6 Å². The zero-order valence-electron chi connectivity index (χ0n) is 17.1. The molecular formula is C20H31N3O5S. The fourth-order valence-corrected chi connectivity index (χ4v) is 3.16. The number of rotatable bonds is 12. The van der Waals surface area contributed by atoms with Gasteiger partial charge in [-0.25, -0.2) is 4.79 Å². The van der Waals surface area contributed by atoms with Crippen LogP contribution in [0.15, 0.2) is 24.3 Å². The Morgan fingerprint density at radius 1 is 1.14 bits per heavy atom. The summed E-state index contributed by atoms with van der Waals surface area (Å²) in [4.78, 5) is 36.8. The number of nitrogens with one attached hydrogen (secondary N) is 2. The van der Waals surface area contributed by atoms with Crippen molar-refractivity contribution in [1.82, 2.24) is 10.6 Å². The van der Waals surface area contributed by atoms with Crippen LogP contribution in [0.4, 0.5) is 0 Å². The van der Waals surface area contributed by atoms with Crippen LogP contribution in [0.5, 0.6) is 5.75 Å². The number of phenolic OH excluding ortho intramolecular Hbond substituents is 1. The van der Waals surface area contributed by atoms with Crippen molar-refractivity contribution in [3.63, 3.8) is 0 Å². The molecule has 1 rings (SSSR count). The molecule has 0 radical (unpaired) electrons. The number of phenols is 1. The van der Waals surface area contributed by atoms with E-state index in [4.69, 9.17) is 5.73 Å². The van der Waals surface area contributed by atoms with E-state index in [1.807, 2.05) is 20.1 Å². The van der Waals surface area contributed by atoms with Gasteiger partial charge in [-0.3, -0.25) is 9.59 Å². The predicted molar refractivity (Wildman–Crippen MR) is 114 cm³/mol. The Bertz CT molecular complexity index is 683. The maximum absolute atomic E-state index is 12.8. The molecule has 0 bridgehead atoms. The SMILES string of the molecule is CC[C@H](C)[C@H](NC(=O)[C@@H](N)CCSC)C(=O)N[C@@H](Cc1ccc(O)cc1)C(=O)O. The number of thioether (sulfide) groups is 1. The summed E-state index contributed by atoms with van der Waals surface area (Å²) in [6.45, 7) is 3.70. The second-order valence-electron chi connectivity index (χ2n) is 7.03. The van der Waals surface area contributed by atoms with Gasteiger partial charge in [0.1, 0.15) is 17.8 Å². The van der Waals surface area contributed by atoms with Crippen LogP contribution in [0.3, 0.4) is 0 Å². The number of carbonyl (C=O) groups is 3. The molecule has 1 aromatic carbocycles. The Morgan fingerprint density at radius 3 is 2.28 bits per heavy atom. The molecule has 0 fully saturated rings. The number of carbonyl (C=O) groups excluding carboxylic acids is 2. The standard InChI is InChI=1S/C20H31N3O5S/c1-4-12(2)17(23-18(25)15(21)9-10-29-3)19(26)22-16(20(27)28)11-13-5-7-14(24)8-6-13/h5-8,12,15-17,24H,4,9-11,21H2,1-3H3,(H,22,26)(H,23,25)(H,27,28)/t12-,15-,16-,17-/m0/s1. The molecule has 29 heavy (non-hydrogen) atoms. The Hall–Kier alpha value is -2.26. The first-order valence-electron chi connectivity index (χ1n) is 9.55. The van der Waals surface area contributed by atoms with Gasteiger partial charge >= 0.3 is 5.97 Å². The average Bonchev–Trinajstić information content (AvgIpc) is 2.70. The zero-order valence-corrected chi connectivity index (χ0v) is 17.9. The molecule has 4 atom stereocenters. The quantitative estimate of drug-likeness (QED) is 0.338. The molecule has 0 aliphatic carbocycles. The molecule has 162 valence electrons. The number of nitrogens with two attached hydrogens (primary N) is 1. The number of amides is 2. The molecule has 0 heterocycles. The van der Waals surface area contributed by atoms with E-state index in [9.17, 15) is 24.6 Å². The highest BCUT2D eigenvalue weighted by atomic mass is 32.2. The van der Waals surface area contributed by atoms with E-state index >= 15 is 0 Å². The van der Waals surface area contributed by atoms with Crippen molar-refractivity contribution in [3.05, 3.63) is 29.8 Å². The summed E-state index contributed by atoms with van der Waals surface area (Å²) in [5.74, 6) is -1.57. The lowest BCUT2D eigenvalue weighted by Crippen LogP contribution is -2.57. The number of hydrogen-bond acceptors (Lipinski definition) is 6. The fourth-order valence-electron chi connectivity index (χ4n) is 2.67. The molecule has 0 aromatic heterocycles. The van der Waals surface area contributed by atoms with Gasteiger partial charge in [-0.2, -0.15) is 11.8 Å². The summed E-state index contributed by atoms with van der Waals surface area (Å²) in [6.07, 6.45) is 3.07. The van der Waals surface area contributed by atoms with Crippen molar-refractivity contribution in [1.29, 1.82) is 0 Å². The minimum absolute atomic E-state index is 0.0514. The predicted octanol–water partition coefficient (Wildman–Crippen LogP) is 1.12. The van der Waals surface area contributed by atoms with E-state index in [0.29, 0.717) is 18.4 Å². The first kappa shape index (κ1) is 24.8. The highest BCUT2D eigenvalue weighted by Gasteiger charge is 2.31. The molecule has 0 unspecified atom stereocenters. The molecule has 2 amide bonds. The van der Waals surface area contributed by atoms with Crippen molar-refractivity contribution in [3.8, 4) is 5.75 Å². The Morgan fingerprint density at radius 2 is 1.76 bits per heavy atom. The van der Waals surface area contributed by atoms with Gasteiger partial charge in [0.15, 0.2) is 0 Å². The maximum atomic E-state index is 12.8. The summed E-state index contributed by atoms with van der Waals surface area (Å²) < 4.78 is 0. The number of carboxylic acid groups (broad SMARTS) is 1. The molecule has 0 saturated heterocycles. The van der Waals surface area contributed by atoms with Gasteiger partial charge in [0, 0.05) is 6.42 Å². The van der Waals surface area contributed by atoms with Gasteiger partial charge in [0.2, 0.25) is 11.8 Å². The molecular weight excluding hydrogens is 394 g/mol. The largest absolute Gasteiger partial charge is 0.508 e. The van der Waals surface area contributed by atoms with Gasteiger partial charge in [0.25, 0.3) is 0 Å². The van der Waals surface area contributed by atoms with Crippen LogP contribution >= 0.6 is 11.8 Å². The lowest BCUT2D eigenvalue weighted by atomic mass is 9.97.